The maximum absolute atomic E-state index is 11.7. The second-order valence-electron chi connectivity index (χ2n) is 5.77. The van der Waals surface area contributed by atoms with Gasteiger partial charge in [0.1, 0.15) is 5.60 Å². The molecule has 1 rings (SSSR count). The summed E-state index contributed by atoms with van der Waals surface area (Å²) in [7, 11) is 2.85. The number of ether oxygens (including phenoxy) is 3. The van der Waals surface area contributed by atoms with Crippen molar-refractivity contribution in [3.05, 3.63) is 11.4 Å². The Balaban J connectivity index is 2.71. The summed E-state index contributed by atoms with van der Waals surface area (Å²) in [6.45, 7) is 6.50. The van der Waals surface area contributed by atoms with E-state index in [4.69, 9.17) is 9.47 Å². The highest BCUT2D eigenvalue weighted by Crippen LogP contribution is 2.09. The summed E-state index contributed by atoms with van der Waals surface area (Å²) in [6.07, 6.45) is -0.159. The van der Waals surface area contributed by atoms with E-state index in [0.29, 0.717) is 25.3 Å². The first-order valence-electron chi connectivity index (χ1n) is 7.25. The average molecular weight is 328 g/mol. The normalized spacial score (nSPS) is 11.2. The lowest BCUT2D eigenvalue weighted by molar-refractivity contribution is 0.0528. The van der Waals surface area contributed by atoms with Gasteiger partial charge in [0.05, 0.1) is 26.0 Å². The predicted octanol–water partition coefficient (Wildman–Crippen LogP) is 0.778. The number of hydrogen-bond acceptors (Lipinski definition) is 7. The molecule has 0 fully saturated rings. The quantitative estimate of drug-likeness (QED) is 0.737. The fraction of sp³-hybridized carbons (Fsp3) is 0.714. The molecule has 0 unspecified atom stereocenters. The van der Waals surface area contributed by atoms with E-state index in [1.54, 1.807) is 32.6 Å². The third-order valence-electron chi connectivity index (χ3n) is 2.75. The zero-order valence-corrected chi connectivity index (χ0v) is 14.2. The number of alkyl carbamates (subject to hydrolysis) is 1. The van der Waals surface area contributed by atoms with E-state index in [-0.39, 0.29) is 12.2 Å². The topological polar surface area (TPSA) is 105 Å². The third-order valence-corrected chi connectivity index (χ3v) is 2.75. The van der Waals surface area contributed by atoms with Crippen LogP contribution >= 0.6 is 0 Å². The molecule has 0 saturated carbocycles. The van der Waals surface area contributed by atoms with Crippen LogP contribution in [-0.4, -0.2) is 60.0 Å². The summed E-state index contributed by atoms with van der Waals surface area (Å²) in [5.74, 6) is -0.569. The number of methoxy groups -OCH3 is 2. The summed E-state index contributed by atoms with van der Waals surface area (Å²) in [5, 5.41) is 10.4. The van der Waals surface area contributed by atoms with E-state index >= 15 is 0 Å². The van der Waals surface area contributed by atoms with Gasteiger partial charge in [-0.25, -0.2) is 14.3 Å². The fourth-order valence-electron chi connectivity index (χ4n) is 1.79. The first-order valence-corrected chi connectivity index (χ1v) is 7.25. The molecule has 1 N–H and O–H groups in total. The van der Waals surface area contributed by atoms with Gasteiger partial charge in [0.15, 0.2) is 5.69 Å². The number of carbonyl (C=O) groups is 2. The molecule has 1 aromatic rings. The van der Waals surface area contributed by atoms with Crippen molar-refractivity contribution in [3.8, 4) is 0 Å². The molecule has 0 saturated heterocycles. The molecule has 1 amide bonds. The largest absolute Gasteiger partial charge is 0.464 e. The summed E-state index contributed by atoms with van der Waals surface area (Å²) in [4.78, 5) is 23.4. The predicted molar refractivity (Wildman–Crippen MR) is 81.2 cm³/mol. The van der Waals surface area contributed by atoms with E-state index in [0.717, 1.165) is 0 Å². The van der Waals surface area contributed by atoms with Gasteiger partial charge < -0.3 is 19.5 Å². The standard InChI is InChI=1S/C14H24N4O5/c1-14(2,3)23-13(20)15-7-6-10-11(12(19)22-5)16-17-18(10)8-9-21-4/h6-9H2,1-5H3,(H,15,20). The Morgan fingerprint density at radius 2 is 1.96 bits per heavy atom. The summed E-state index contributed by atoms with van der Waals surface area (Å²) in [5.41, 5.74) is 0.142. The SMILES string of the molecule is COCCn1nnc(C(=O)OC)c1CCNC(=O)OC(C)(C)C. The molecule has 9 heteroatoms. The zero-order chi connectivity index (χ0) is 17.5. The van der Waals surface area contributed by atoms with Crippen molar-refractivity contribution in [2.75, 3.05) is 27.4 Å². The number of nitrogens with zero attached hydrogens (tertiary/aromatic N) is 3. The lowest BCUT2D eigenvalue weighted by atomic mass is 10.2. The van der Waals surface area contributed by atoms with Gasteiger partial charge >= 0.3 is 12.1 Å². The van der Waals surface area contributed by atoms with Crippen molar-refractivity contribution in [2.45, 2.75) is 39.3 Å². The molecular weight excluding hydrogens is 304 g/mol. The Morgan fingerprint density at radius 3 is 2.52 bits per heavy atom. The van der Waals surface area contributed by atoms with Crippen molar-refractivity contribution >= 4 is 12.1 Å². The van der Waals surface area contributed by atoms with E-state index in [1.807, 2.05) is 0 Å². The minimum Gasteiger partial charge on any atom is -0.464 e. The Hall–Kier alpha value is -2.16. The van der Waals surface area contributed by atoms with Crippen LogP contribution in [0.15, 0.2) is 0 Å². The molecule has 0 aromatic carbocycles. The maximum atomic E-state index is 11.7. The number of esters is 1. The Labute approximate surface area is 135 Å². The molecule has 0 atom stereocenters. The van der Waals surface area contributed by atoms with E-state index < -0.39 is 17.7 Å². The van der Waals surface area contributed by atoms with Crippen LogP contribution in [0.3, 0.4) is 0 Å². The van der Waals surface area contributed by atoms with Crippen LogP contribution in [0.2, 0.25) is 0 Å². The van der Waals surface area contributed by atoms with Crippen molar-refractivity contribution in [2.24, 2.45) is 0 Å². The minimum absolute atomic E-state index is 0.134. The number of rotatable bonds is 7. The first-order chi connectivity index (χ1) is 10.8. The van der Waals surface area contributed by atoms with Crippen LogP contribution < -0.4 is 5.32 Å². The molecule has 0 aliphatic heterocycles. The van der Waals surface area contributed by atoms with Crippen LogP contribution in [0, 0.1) is 0 Å². The Kier molecular flexibility index (Phi) is 6.95. The van der Waals surface area contributed by atoms with E-state index in [9.17, 15) is 9.59 Å². The number of aromatic nitrogens is 3. The van der Waals surface area contributed by atoms with Crippen molar-refractivity contribution in [3.63, 3.8) is 0 Å². The summed E-state index contributed by atoms with van der Waals surface area (Å²) >= 11 is 0. The van der Waals surface area contributed by atoms with Crippen molar-refractivity contribution in [1.29, 1.82) is 0 Å². The molecular formula is C14H24N4O5. The molecule has 1 heterocycles. The highest BCUT2D eigenvalue weighted by molar-refractivity contribution is 5.88. The average Bonchev–Trinajstić information content (AvgIpc) is 2.85. The van der Waals surface area contributed by atoms with Crippen LogP contribution in [0.1, 0.15) is 37.0 Å². The highest BCUT2D eigenvalue weighted by atomic mass is 16.6. The fourth-order valence-corrected chi connectivity index (χ4v) is 1.79. The van der Waals surface area contributed by atoms with Gasteiger partial charge in [0, 0.05) is 20.1 Å². The molecule has 1 aromatic heterocycles. The van der Waals surface area contributed by atoms with Gasteiger partial charge in [-0.3, -0.25) is 0 Å². The van der Waals surface area contributed by atoms with Gasteiger partial charge in [-0.05, 0) is 20.8 Å². The second-order valence-corrected chi connectivity index (χ2v) is 5.77. The molecule has 9 nitrogen and oxygen atoms in total. The Bertz CT molecular complexity index is 536. The Morgan fingerprint density at radius 1 is 1.26 bits per heavy atom. The molecule has 0 aliphatic carbocycles. The molecule has 0 spiro atoms. The van der Waals surface area contributed by atoms with Gasteiger partial charge in [-0.1, -0.05) is 5.21 Å². The molecule has 0 bridgehead atoms. The third kappa shape index (κ3) is 6.23. The summed E-state index contributed by atoms with van der Waals surface area (Å²) < 4.78 is 16.4. The van der Waals surface area contributed by atoms with Crippen LogP contribution in [-0.2, 0) is 27.2 Å². The number of hydrogen-bond donors (Lipinski definition) is 1. The summed E-state index contributed by atoms with van der Waals surface area (Å²) in [6, 6.07) is 0. The number of carbonyl (C=O) groups excluding carboxylic acids is 2. The van der Waals surface area contributed by atoms with Gasteiger partial charge in [-0.2, -0.15) is 0 Å². The minimum atomic E-state index is -0.569. The smallest absolute Gasteiger partial charge is 0.407 e. The molecule has 23 heavy (non-hydrogen) atoms. The monoisotopic (exact) mass is 328 g/mol. The van der Waals surface area contributed by atoms with Crippen LogP contribution in [0.5, 0.6) is 0 Å². The lowest BCUT2D eigenvalue weighted by Gasteiger charge is -2.19. The molecule has 130 valence electrons. The van der Waals surface area contributed by atoms with Gasteiger partial charge in [0.2, 0.25) is 0 Å². The van der Waals surface area contributed by atoms with E-state index in [1.165, 1.54) is 7.11 Å². The van der Waals surface area contributed by atoms with Gasteiger partial charge in [-0.15, -0.1) is 5.10 Å². The molecule has 0 radical (unpaired) electrons. The van der Waals surface area contributed by atoms with E-state index in [2.05, 4.69) is 20.4 Å². The second kappa shape index (κ2) is 8.47. The maximum Gasteiger partial charge on any atom is 0.407 e. The zero-order valence-electron chi connectivity index (χ0n) is 14.2. The molecule has 0 aliphatic rings. The lowest BCUT2D eigenvalue weighted by Crippen LogP contribution is -2.34. The highest BCUT2D eigenvalue weighted by Gasteiger charge is 2.21. The van der Waals surface area contributed by atoms with Gasteiger partial charge in [0.25, 0.3) is 0 Å². The van der Waals surface area contributed by atoms with Crippen LogP contribution in [0.4, 0.5) is 4.79 Å². The number of amides is 1. The number of nitrogens with one attached hydrogen (secondary N) is 1. The van der Waals surface area contributed by atoms with Crippen molar-refractivity contribution in [1.82, 2.24) is 20.3 Å². The first kappa shape index (κ1) is 18.9. The van der Waals surface area contributed by atoms with Crippen molar-refractivity contribution < 1.29 is 23.8 Å². The van der Waals surface area contributed by atoms with Crippen LogP contribution in [0.25, 0.3) is 0 Å².